The standard InChI is InChI=1S/C12H21N3O3S/c1-4-5-10-6-15(7-11(10)13)19(16,17)12-8(2)14-18-9(12)3/h10-11H,4-7,13H2,1-3H3/t10-,11-/m1/s1. The minimum Gasteiger partial charge on any atom is -0.360 e. The molecular weight excluding hydrogens is 266 g/mol. The van der Waals surface area contributed by atoms with Crippen molar-refractivity contribution >= 4 is 10.0 Å². The summed E-state index contributed by atoms with van der Waals surface area (Å²) < 4.78 is 31.6. The first kappa shape index (κ1) is 14.5. The van der Waals surface area contributed by atoms with Crippen LogP contribution >= 0.6 is 0 Å². The Balaban J connectivity index is 2.28. The largest absolute Gasteiger partial charge is 0.360 e. The Hall–Kier alpha value is -0.920. The number of nitrogens with zero attached hydrogens (tertiary/aromatic N) is 2. The summed E-state index contributed by atoms with van der Waals surface area (Å²) in [6.45, 7) is 6.20. The number of sulfonamides is 1. The van der Waals surface area contributed by atoms with E-state index in [1.54, 1.807) is 13.8 Å². The van der Waals surface area contributed by atoms with Crippen molar-refractivity contribution in [1.82, 2.24) is 9.46 Å². The fraction of sp³-hybridized carbons (Fsp3) is 0.750. The lowest BCUT2D eigenvalue weighted by Crippen LogP contribution is -2.32. The van der Waals surface area contributed by atoms with Gasteiger partial charge in [-0.1, -0.05) is 18.5 Å². The lowest BCUT2D eigenvalue weighted by Gasteiger charge is -2.15. The molecule has 2 atom stereocenters. The van der Waals surface area contributed by atoms with E-state index in [1.165, 1.54) is 4.31 Å². The van der Waals surface area contributed by atoms with Gasteiger partial charge in [-0.3, -0.25) is 0 Å². The van der Waals surface area contributed by atoms with E-state index in [9.17, 15) is 8.42 Å². The van der Waals surface area contributed by atoms with Crippen LogP contribution in [0, 0.1) is 19.8 Å². The van der Waals surface area contributed by atoms with Crippen LogP contribution in [-0.2, 0) is 10.0 Å². The third-order valence-electron chi connectivity index (χ3n) is 3.68. The Morgan fingerprint density at radius 3 is 2.63 bits per heavy atom. The van der Waals surface area contributed by atoms with Crippen molar-refractivity contribution in [2.45, 2.75) is 44.6 Å². The highest BCUT2D eigenvalue weighted by Gasteiger charge is 2.39. The van der Waals surface area contributed by atoms with Crippen molar-refractivity contribution < 1.29 is 12.9 Å². The summed E-state index contributed by atoms with van der Waals surface area (Å²) in [7, 11) is -3.54. The molecule has 0 aliphatic carbocycles. The van der Waals surface area contributed by atoms with Gasteiger partial charge in [-0.05, 0) is 26.2 Å². The zero-order valence-electron chi connectivity index (χ0n) is 11.6. The number of hydrogen-bond donors (Lipinski definition) is 1. The van der Waals surface area contributed by atoms with Crippen molar-refractivity contribution in [3.8, 4) is 0 Å². The molecule has 0 spiro atoms. The first-order valence-corrected chi connectivity index (χ1v) is 8.00. The summed E-state index contributed by atoms with van der Waals surface area (Å²) in [4.78, 5) is 0.192. The molecule has 1 fully saturated rings. The average Bonchev–Trinajstić information content (AvgIpc) is 2.85. The number of hydrogen-bond acceptors (Lipinski definition) is 5. The predicted octanol–water partition coefficient (Wildman–Crippen LogP) is 1.04. The van der Waals surface area contributed by atoms with Gasteiger partial charge < -0.3 is 10.3 Å². The van der Waals surface area contributed by atoms with Crippen molar-refractivity contribution in [1.29, 1.82) is 0 Å². The minimum atomic E-state index is -3.54. The van der Waals surface area contributed by atoms with Crippen LogP contribution in [0.5, 0.6) is 0 Å². The molecule has 2 N–H and O–H groups in total. The van der Waals surface area contributed by atoms with Crippen molar-refractivity contribution in [3.63, 3.8) is 0 Å². The smallest absolute Gasteiger partial charge is 0.248 e. The van der Waals surface area contributed by atoms with E-state index in [2.05, 4.69) is 12.1 Å². The van der Waals surface area contributed by atoms with Gasteiger partial charge in [-0.25, -0.2) is 8.42 Å². The molecular formula is C12H21N3O3S. The molecule has 7 heteroatoms. The van der Waals surface area contributed by atoms with Crippen LogP contribution in [0.4, 0.5) is 0 Å². The molecule has 0 radical (unpaired) electrons. The number of rotatable bonds is 4. The van der Waals surface area contributed by atoms with E-state index in [4.69, 9.17) is 10.3 Å². The topological polar surface area (TPSA) is 89.4 Å². The molecule has 0 aromatic carbocycles. The van der Waals surface area contributed by atoms with Gasteiger partial charge in [-0.2, -0.15) is 4.31 Å². The van der Waals surface area contributed by atoms with E-state index in [0.717, 1.165) is 12.8 Å². The van der Waals surface area contributed by atoms with Gasteiger partial charge in [0, 0.05) is 19.1 Å². The molecule has 0 amide bonds. The van der Waals surface area contributed by atoms with Gasteiger partial charge in [0.1, 0.15) is 10.6 Å². The third-order valence-corrected chi connectivity index (χ3v) is 5.76. The summed E-state index contributed by atoms with van der Waals surface area (Å²) in [6, 6.07) is -0.0878. The number of aromatic nitrogens is 1. The maximum absolute atomic E-state index is 12.6. The quantitative estimate of drug-likeness (QED) is 0.893. The van der Waals surface area contributed by atoms with Gasteiger partial charge in [0.15, 0.2) is 5.76 Å². The molecule has 2 heterocycles. The van der Waals surface area contributed by atoms with Crippen molar-refractivity contribution in [2.75, 3.05) is 13.1 Å². The SMILES string of the molecule is CCC[C@@H]1CN(S(=O)(=O)c2c(C)noc2C)C[C@H]1N. The normalized spacial score (nSPS) is 25.1. The predicted molar refractivity (Wildman–Crippen MR) is 71.1 cm³/mol. The lowest BCUT2D eigenvalue weighted by atomic mass is 9.99. The summed E-state index contributed by atoms with van der Waals surface area (Å²) >= 11 is 0. The highest BCUT2D eigenvalue weighted by atomic mass is 32.2. The molecule has 2 rings (SSSR count). The molecule has 1 aromatic heterocycles. The molecule has 1 aliphatic rings. The first-order valence-electron chi connectivity index (χ1n) is 6.56. The maximum atomic E-state index is 12.6. The molecule has 108 valence electrons. The van der Waals surface area contributed by atoms with E-state index in [-0.39, 0.29) is 16.9 Å². The zero-order valence-corrected chi connectivity index (χ0v) is 12.4. The second-order valence-electron chi connectivity index (χ2n) is 5.19. The van der Waals surface area contributed by atoms with Gasteiger partial charge >= 0.3 is 0 Å². The highest BCUT2D eigenvalue weighted by Crippen LogP contribution is 2.29. The molecule has 1 aliphatic heterocycles. The Morgan fingerprint density at radius 2 is 2.11 bits per heavy atom. The fourth-order valence-corrected chi connectivity index (χ4v) is 4.53. The molecule has 1 aromatic rings. The molecule has 1 saturated heterocycles. The average molecular weight is 287 g/mol. The van der Waals surface area contributed by atoms with Crippen LogP contribution in [0.3, 0.4) is 0 Å². The third kappa shape index (κ3) is 2.54. The van der Waals surface area contributed by atoms with Crippen LogP contribution in [0.15, 0.2) is 9.42 Å². The van der Waals surface area contributed by atoms with Crippen LogP contribution in [0.25, 0.3) is 0 Å². The van der Waals surface area contributed by atoms with Crippen LogP contribution in [0.1, 0.15) is 31.2 Å². The highest BCUT2D eigenvalue weighted by molar-refractivity contribution is 7.89. The monoisotopic (exact) mass is 287 g/mol. The lowest BCUT2D eigenvalue weighted by molar-refractivity contribution is 0.389. The van der Waals surface area contributed by atoms with Gasteiger partial charge in [-0.15, -0.1) is 0 Å². The number of nitrogens with two attached hydrogens (primary N) is 1. The molecule has 0 bridgehead atoms. The summed E-state index contributed by atoms with van der Waals surface area (Å²) in [5.41, 5.74) is 6.44. The Labute approximate surface area is 114 Å². The molecule has 6 nitrogen and oxygen atoms in total. The molecule has 19 heavy (non-hydrogen) atoms. The number of aryl methyl sites for hydroxylation is 2. The van der Waals surface area contributed by atoms with E-state index in [1.807, 2.05) is 0 Å². The Bertz CT molecular complexity index is 533. The van der Waals surface area contributed by atoms with Gasteiger partial charge in [0.25, 0.3) is 0 Å². The van der Waals surface area contributed by atoms with E-state index in [0.29, 0.717) is 24.5 Å². The fourth-order valence-electron chi connectivity index (χ4n) is 2.70. The van der Waals surface area contributed by atoms with Crippen molar-refractivity contribution in [3.05, 3.63) is 11.5 Å². The zero-order chi connectivity index (χ0) is 14.2. The first-order chi connectivity index (χ1) is 8.87. The Morgan fingerprint density at radius 1 is 1.42 bits per heavy atom. The minimum absolute atomic E-state index is 0.0878. The second-order valence-corrected chi connectivity index (χ2v) is 7.06. The van der Waals surface area contributed by atoms with Crippen LogP contribution in [0.2, 0.25) is 0 Å². The Kier molecular flexibility index (Phi) is 3.98. The van der Waals surface area contributed by atoms with Crippen LogP contribution in [-0.4, -0.2) is 37.0 Å². The van der Waals surface area contributed by atoms with Gasteiger partial charge in [0.05, 0.1) is 0 Å². The molecule has 0 saturated carbocycles. The van der Waals surface area contributed by atoms with Crippen LogP contribution < -0.4 is 5.73 Å². The van der Waals surface area contributed by atoms with Gasteiger partial charge in [0.2, 0.25) is 10.0 Å². The van der Waals surface area contributed by atoms with Crippen molar-refractivity contribution in [2.24, 2.45) is 11.7 Å². The maximum Gasteiger partial charge on any atom is 0.248 e. The van der Waals surface area contributed by atoms with E-state index >= 15 is 0 Å². The second kappa shape index (κ2) is 5.22. The summed E-state index contributed by atoms with van der Waals surface area (Å²) in [6.07, 6.45) is 1.96. The molecule has 0 unspecified atom stereocenters. The summed E-state index contributed by atoms with van der Waals surface area (Å²) in [5.74, 6) is 0.574. The van der Waals surface area contributed by atoms with E-state index < -0.39 is 10.0 Å². The summed E-state index contributed by atoms with van der Waals surface area (Å²) in [5, 5.41) is 3.72.